The number of carbonyl (C=O) groups excluding carboxylic acids is 1. The number of aromatic nitrogens is 2. The molecule has 2 heterocycles. The molecule has 31 heavy (non-hydrogen) atoms. The lowest BCUT2D eigenvalue weighted by molar-refractivity contribution is -0.384. The molecule has 0 radical (unpaired) electrons. The average Bonchev–Trinajstić information content (AvgIpc) is 3.16. The second-order valence-electron chi connectivity index (χ2n) is 8.41. The van der Waals surface area contributed by atoms with Gasteiger partial charge in [-0.1, -0.05) is 25.3 Å². The van der Waals surface area contributed by atoms with Crippen molar-refractivity contribution in [3.8, 4) is 0 Å². The van der Waals surface area contributed by atoms with Gasteiger partial charge in [0.2, 0.25) is 0 Å². The Bertz CT molecular complexity index is 1150. The molecule has 1 aromatic heterocycles. The summed E-state index contributed by atoms with van der Waals surface area (Å²) in [6.45, 7) is 2.85. The lowest BCUT2D eigenvalue weighted by atomic mass is 9.94. The Kier molecular flexibility index (Phi) is 5.15. The number of anilines is 1. The molecule has 5 rings (SSSR count). The summed E-state index contributed by atoms with van der Waals surface area (Å²) >= 11 is 0. The number of carbonyl (C=O) groups is 1. The van der Waals surface area contributed by atoms with Crippen LogP contribution in [-0.4, -0.2) is 37.9 Å². The summed E-state index contributed by atoms with van der Waals surface area (Å²) < 4.78 is 2.28. The fraction of sp³-hybridized carbons (Fsp3) is 0.391. The molecule has 8 heteroatoms. The van der Waals surface area contributed by atoms with E-state index in [1.165, 1.54) is 50.3 Å². The summed E-state index contributed by atoms with van der Waals surface area (Å²) in [4.78, 5) is 30.5. The highest BCUT2D eigenvalue weighted by molar-refractivity contribution is 6.05. The lowest BCUT2D eigenvalue weighted by Crippen LogP contribution is -2.42. The number of imidazole rings is 1. The van der Waals surface area contributed by atoms with E-state index >= 15 is 0 Å². The normalized spacial score (nSPS) is 17.4. The molecule has 0 saturated heterocycles. The van der Waals surface area contributed by atoms with Gasteiger partial charge in [0, 0.05) is 42.5 Å². The predicted octanol–water partition coefficient (Wildman–Crippen LogP) is 4.35. The Morgan fingerprint density at radius 1 is 1.10 bits per heavy atom. The molecule has 0 spiro atoms. The van der Waals surface area contributed by atoms with Crippen molar-refractivity contribution in [2.24, 2.45) is 0 Å². The number of hydrogen-bond acceptors (Lipinski definition) is 5. The molecule has 1 N–H and O–H groups in total. The number of nitrogens with zero attached hydrogens (tertiary/aromatic N) is 4. The maximum absolute atomic E-state index is 12.6. The zero-order chi connectivity index (χ0) is 21.4. The zero-order valence-corrected chi connectivity index (χ0v) is 17.3. The summed E-state index contributed by atoms with van der Waals surface area (Å²) in [7, 11) is 0. The van der Waals surface area contributed by atoms with Gasteiger partial charge in [-0.05, 0) is 37.1 Å². The summed E-state index contributed by atoms with van der Waals surface area (Å²) in [5.41, 5.74) is 2.71. The van der Waals surface area contributed by atoms with Crippen LogP contribution in [0.2, 0.25) is 0 Å². The first kappa shape index (κ1) is 19.7. The van der Waals surface area contributed by atoms with Gasteiger partial charge in [-0.25, -0.2) is 4.98 Å². The Labute approximate surface area is 180 Å². The predicted molar refractivity (Wildman–Crippen MR) is 118 cm³/mol. The van der Waals surface area contributed by atoms with Crippen LogP contribution in [0.1, 0.15) is 48.3 Å². The fourth-order valence-corrected chi connectivity index (χ4v) is 4.84. The van der Waals surface area contributed by atoms with Gasteiger partial charge in [-0.2, -0.15) is 0 Å². The van der Waals surface area contributed by atoms with Crippen LogP contribution in [0.15, 0.2) is 42.5 Å². The van der Waals surface area contributed by atoms with Crippen LogP contribution in [0.3, 0.4) is 0 Å². The molecular weight excluding hydrogens is 394 g/mol. The van der Waals surface area contributed by atoms with Crippen LogP contribution in [0, 0.1) is 10.1 Å². The number of fused-ring (bicyclic) bond motifs is 3. The minimum Gasteiger partial charge on any atom is -0.326 e. The van der Waals surface area contributed by atoms with Crippen LogP contribution in [0.4, 0.5) is 11.4 Å². The Morgan fingerprint density at radius 2 is 1.94 bits per heavy atom. The average molecular weight is 419 g/mol. The molecule has 2 aromatic carbocycles. The number of benzene rings is 2. The van der Waals surface area contributed by atoms with Crippen molar-refractivity contribution >= 4 is 28.3 Å². The molecule has 1 fully saturated rings. The molecule has 0 unspecified atom stereocenters. The van der Waals surface area contributed by atoms with Gasteiger partial charge < -0.3 is 9.88 Å². The molecule has 1 amide bonds. The van der Waals surface area contributed by atoms with Crippen LogP contribution in [-0.2, 0) is 13.1 Å². The molecule has 1 aliphatic heterocycles. The molecule has 1 aliphatic carbocycles. The highest BCUT2D eigenvalue weighted by atomic mass is 16.6. The lowest BCUT2D eigenvalue weighted by Gasteiger charge is -2.36. The van der Waals surface area contributed by atoms with E-state index in [2.05, 4.69) is 14.8 Å². The van der Waals surface area contributed by atoms with E-state index in [1.807, 2.05) is 18.2 Å². The number of nitro groups is 1. The number of hydrogen-bond donors (Lipinski definition) is 1. The van der Waals surface area contributed by atoms with Crippen LogP contribution < -0.4 is 5.32 Å². The SMILES string of the molecule is O=C(Nc1ccc2c(c1)nc1n2CCN(C2CCCCC2)C1)c1cccc([N+](=O)[O-])c1. The van der Waals surface area contributed by atoms with Gasteiger partial charge in [0.05, 0.1) is 22.5 Å². The van der Waals surface area contributed by atoms with Gasteiger partial charge >= 0.3 is 0 Å². The molecule has 1 saturated carbocycles. The van der Waals surface area contributed by atoms with Gasteiger partial charge in [-0.15, -0.1) is 0 Å². The van der Waals surface area contributed by atoms with Crippen LogP contribution in [0.5, 0.6) is 0 Å². The smallest absolute Gasteiger partial charge is 0.270 e. The number of nitro benzene ring substituents is 1. The first-order valence-electron chi connectivity index (χ1n) is 10.9. The molecule has 0 bridgehead atoms. The third-order valence-corrected chi connectivity index (χ3v) is 6.45. The highest BCUT2D eigenvalue weighted by Gasteiger charge is 2.27. The van der Waals surface area contributed by atoms with Gasteiger partial charge in [0.25, 0.3) is 11.6 Å². The highest BCUT2D eigenvalue weighted by Crippen LogP contribution is 2.29. The van der Waals surface area contributed by atoms with E-state index in [9.17, 15) is 14.9 Å². The van der Waals surface area contributed by atoms with E-state index in [4.69, 9.17) is 4.98 Å². The van der Waals surface area contributed by atoms with E-state index in [0.717, 1.165) is 36.5 Å². The first-order valence-corrected chi connectivity index (χ1v) is 10.9. The van der Waals surface area contributed by atoms with Crippen molar-refractivity contribution in [3.05, 3.63) is 64.0 Å². The van der Waals surface area contributed by atoms with Crippen molar-refractivity contribution in [2.75, 3.05) is 11.9 Å². The van der Waals surface area contributed by atoms with Crippen LogP contribution in [0.25, 0.3) is 11.0 Å². The second-order valence-corrected chi connectivity index (χ2v) is 8.41. The number of nitrogens with one attached hydrogen (secondary N) is 1. The Morgan fingerprint density at radius 3 is 2.74 bits per heavy atom. The third-order valence-electron chi connectivity index (χ3n) is 6.45. The Balaban J connectivity index is 1.35. The minimum absolute atomic E-state index is 0.104. The number of non-ortho nitro benzene ring substituents is 1. The molecule has 160 valence electrons. The molecular formula is C23H25N5O3. The van der Waals surface area contributed by atoms with E-state index in [0.29, 0.717) is 11.7 Å². The monoisotopic (exact) mass is 419 g/mol. The summed E-state index contributed by atoms with van der Waals surface area (Å²) in [6.07, 6.45) is 6.58. The van der Waals surface area contributed by atoms with E-state index in [1.54, 1.807) is 6.07 Å². The number of rotatable bonds is 4. The fourth-order valence-electron chi connectivity index (χ4n) is 4.84. The van der Waals surface area contributed by atoms with E-state index in [-0.39, 0.29) is 17.2 Å². The molecule has 2 aliphatic rings. The zero-order valence-electron chi connectivity index (χ0n) is 17.3. The molecule has 0 atom stereocenters. The molecule has 3 aromatic rings. The maximum atomic E-state index is 12.6. The topological polar surface area (TPSA) is 93.3 Å². The van der Waals surface area contributed by atoms with Crippen molar-refractivity contribution in [1.82, 2.24) is 14.5 Å². The van der Waals surface area contributed by atoms with Crippen LogP contribution >= 0.6 is 0 Å². The third kappa shape index (κ3) is 3.90. The summed E-state index contributed by atoms with van der Waals surface area (Å²) in [5.74, 6) is 0.699. The van der Waals surface area contributed by atoms with Gasteiger partial charge in [-0.3, -0.25) is 19.8 Å². The summed E-state index contributed by atoms with van der Waals surface area (Å²) in [5, 5.41) is 13.8. The van der Waals surface area contributed by atoms with E-state index < -0.39 is 4.92 Å². The van der Waals surface area contributed by atoms with Crippen molar-refractivity contribution in [3.63, 3.8) is 0 Å². The maximum Gasteiger partial charge on any atom is 0.270 e. The standard InChI is InChI=1S/C23H25N5O3/c29-23(16-5-4-8-19(13-16)28(30)31)24-17-9-10-21-20(14-17)25-22-15-26(11-12-27(21)22)18-6-2-1-3-7-18/h4-5,8-10,13-14,18H,1-3,6-7,11-12,15H2,(H,24,29). The minimum atomic E-state index is -0.505. The summed E-state index contributed by atoms with van der Waals surface area (Å²) in [6, 6.07) is 12.1. The van der Waals surface area contributed by atoms with Gasteiger partial charge in [0.1, 0.15) is 5.82 Å². The van der Waals surface area contributed by atoms with Crippen molar-refractivity contribution in [2.45, 2.75) is 51.2 Å². The van der Waals surface area contributed by atoms with Crippen molar-refractivity contribution < 1.29 is 9.72 Å². The quantitative estimate of drug-likeness (QED) is 0.501. The van der Waals surface area contributed by atoms with Gasteiger partial charge in [0.15, 0.2) is 0 Å². The largest absolute Gasteiger partial charge is 0.326 e. The number of amides is 1. The Hall–Kier alpha value is -3.26. The second kappa shape index (κ2) is 8.11. The van der Waals surface area contributed by atoms with Crippen molar-refractivity contribution in [1.29, 1.82) is 0 Å². The molecule has 8 nitrogen and oxygen atoms in total. The first-order chi connectivity index (χ1) is 15.1.